The van der Waals surface area contributed by atoms with Gasteiger partial charge in [-0.1, -0.05) is 18.2 Å². The Kier molecular flexibility index (Phi) is 3.42. The van der Waals surface area contributed by atoms with Gasteiger partial charge in [-0.15, -0.1) is 0 Å². The monoisotopic (exact) mass is 244 g/mol. The number of ether oxygens (including phenoxy) is 1. The zero-order valence-corrected chi connectivity index (χ0v) is 10.2. The molecule has 0 saturated heterocycles. The first-order valence-corrected chi connectivity index (χ1v) is 5.61. The Balaban J connectivity index is 2.35. The van der Waals surface area contributed by atoms with E-state index in [1.165, 1.54) is 19.1 Å². The van der Waals surface area contributed by atoms with E-state index in [9.17, 15) is 9.18 Å². The number of aryl methyl sites for hydroxylation is 1. The maximum atomic E-state index is 12.9. The van der Waals surface area contributed by atoms with E-state index >= 15 is 0 Å². The van der Waals surface area contributed by atoms with Crippen LogP contribution in [0.4, 0.5) is 4.39 Å². The molecule has 0 aliphatic heterocycles. The van der Waals surface area contributed by atoms with Gasteiger partial charge in [0.2, 0.25) is 0 Å². The van der Waals surface area contributed by atoms with Crippen LogP contribution in [0.3, 0.4) is 0 Å². The molecule has 0 heterocycles. The number of halogens is 1. The predicted octanol–water partition coefficient (Wildman–Crippen LogP) is 3.73. The molecule has 0 fully saturated rings. The summed E-state index contributed by atoms with van der Waals surface area (Å²) in [5.74, 6) is -0.0808. The average molecular weight is 244 g/mol. The van der Waals surface area contributed by atoms with Crippen molar-refractivity contribution in [1.29, 1.82) is 0 Å². The molecule has 0 amide bonds. The van der Waals surface area contributed by atoms with Crippen molar-refractivity contribution in [2.75, 3.05) is 0 Å². The molecule has 0 bridgehead atoms. The molecule has 0 aliphatic carbocycles. The minimum absolute atomic E-state index is 0.257. The van der Waals surface area contributed by atoms with Gasteiger partial charge in [-0.05, 0) is 47.9 Å². The highest BCUT2D eigenvalue weighted by atomic mass is 19.1. The molecule has 18 heavy (non-hydrogen) atoms. The van der Waals surface area contributed by atoms with Crippen LogP contribution in [0.15, 0.2) is 42.5 Å². The van der Waals surface area contributed by atoms with Gasteiger partial charge >= 0.3 is 5.97 Å². The first-order chi connectivity index (χ1) is 8.56. The topological polar surface area (TPSA) is 26.3 Å². The SMILES string of the molecule is CC(=O)Oc1ccc(-c2ccc(F)cc2)c(C)c1. The van der Waals surface area contributed by atoms with Gasteiger partial charge in [0, 0.05) is 6.92 Å². The van der Waals surface area contributed by atoms with Gasteiger partial charge in [0.15, 0.2) is 0 Å². The molecule has 0 unspecified atom stereocenters. The van der Waals surface area contributed by atoms with Crippen molar-refractivity contribution < 1.29 is 13.9 Å². The number of rotatable bonds is 2. The van der Waals surface area contributed by atoms with Gasteiger partial charge < -0.3 is 4.74 Å². The van der Waals surface area contributed by atoms with Crippen LogP contribution in [0.1, 0.15) is 12.5 Å². The third kappa shape index (κ3) is 2.74. The van der Waals surface area contributed by atoms with Crippen molar-refractivity contribution in [3.8, 4) is 16.9 Å². The third-order valence-corrected chi connectivity index (χ3v) is 2.61. The summed E-state index contributed by atoms with van der Waals surface area (Å²) in [5, 5.41) is 0. The van der Waals surface area contributed by atoms with Crippen LogP contribution in [-0.2, 0) is 4.79 Å². The molecule has 0 atom stereocenters. The summed E-state index contributed by atoms with van der Waals surface area (Å²) >= 11 is 0. The first-order valence-electron chi connectivity index (χ1n) is 5.61. The molecule has 0 spiro atoms. The fraction of sp³-hybridized carbons (Fsp3) is 0.133. The second kappa shape index (κ2) is 5.00. The smallest absolute Gasteiger partial charge is 0.308 e. The molecule has 2 aromatic carbocycles. The van der Waals surface area contributed by atoms with Crippen LogP contribution in [0.5, 0.6) is 5.75 Å². The molecule has 0 saturated carbocycles. The number of hydrogen-bond acceptors (Lipinski definition) is 2. The fourth-order valence-corrected chi connectivity index (χ4v) is 1.82. The second-order valence-corrected chi connectivity index (χ2v) is 4.08. The van der Waals surface area contributed by atoms with Gasteiger partial charge in [0.25, 0.3) is 0 Å². The molecular weight excluding hydrogens is 231 g/mol. The maximum Gasteiger partial charge on any atom is 0.308 e. The minimum Gasteiger partial charge on any atom is -0.427 e. The molecule has 0 aliphatic rings. The Morgan fingerprint density at radius 3 is 2.33 bits per heavy atom. The fourth-order valence-electron chi connectivity index (χ4n) is 1.82. The Labute approximate surface area is 105 Å². The van der Waals surface area contributed by atoms with Gasteiger partial charge in [0.1, 0.15) is 11.6 Å². The van der Waals surface area contributed by atoms with E-state index in [-0.39, 0.29) is 11.8 Å². The molecule has 0 radical (unpaired) electrons. The van der Waals surface area contributed by atoms with Crippen molar-refractivity contribution in [2.45, 2.75) is 13.8 Å². The second-order valence-electron chi connectivity index (χ2n) is 4.08. The molecule has 2 rings (SSSR count). The first kappa shape index (κ1) is 12.3. The summed E-state index contributed by atoms with van der Waals surface area (Å²) in [6, 6.07) is 11.7. The summed E-state index contributed by atoms with van der Waals surface area (Å²) in [4.78, 5) is 10.9. The number of hydrogen-bond donors (Lipinski definition) is 0. The van der Waals surface area contributed by atoms with Gasteiger partial charge in [-0.2, -0.15) is 0 Å². The van der Waals surface area contributed by atoms with E-state index < -0.39 is 0 Å². The maximum absolute atomic E-state index is 12.9. The Hall–Kier alpha value is -2.16. The lowest BCUT2D eigenvalue weighted by Crippen LogP contribution is -2.01. The van der Waals surface area contributed by atoms with Crippen molar-refractivity contribution in [3.05, 3.63) is 53.8 Å². The Bertz CT molecular complexity index is 574. The van der Waals surface area contributed by atoms with Gasteiger partial charge in [0.05, 0.1) is 0 Å². The lowest BCUT2D eigenvalue weighted by molar-refractivity contribution is -0.131. The normalized spacial score (nSPS) is 10.2. The molecule has 0 aromatic heterocycles. The average Bonchev–Trinajstić information content (AvgIpc) is 2.30. The lowest BCUT2D eigenvalue weighted by Gasteiger charge is -2.08. The van der Waals surface area contributed by atoms with Crippen molar-refractivity contribution in [2.24, 2.45) is 0 Å². The van der Waals surface area contributed by atoms with Gasteiger partial charge in [-0.25, -0.2) is 4.39 Å². The highest BCUT2D eigenvalue weighted by Crippen LogP contribution is 2.27. The molecule has 2 aromatic rings. The van der Waals surface area contributed by atoms with Crippen LogP contribution in [-0.4, -0.2) is 5.97 Å². The summed E-state index contributed by atoms with van der Waals surface area (Å²) in [6.07, 6.45) is 0. The summed E-state index contributed by atoms with van der Waals surface area (Å²) in [6.45, 7) is 3.29. The molecule has 2 nitrogen and oxygen atoms in total. The highest BCUT2D eigenvalue weighted by Gasteiger charge is 2.05. The Morgan fingerprint density at radius 1 is 1.11 bits per heavy atom. The van der Waals surface area contributed by atoms with Crippen molar-refractivity contribution in [1.82, 2.24) is 0 Å². The third-order valence-electron chi connectivity index (χ3n) is 2.61. The van der Waals surface area contributed by atoms with Crippen molar-refractivity contribution in [3.63, 3.8) is 0 Å². The highest BCUT2D eigenvalue weighted by molar-refractivity contribution is 5.71. The van der Waals surface area contributed by atoms with Crippen LogP contribution in [0.25, 0.3) is 11.1 Å². The number of benzene rings is 2. The van der Waals surface area contributed by atoms with Crippen molar-refractivity contribution >= 4 is 5.97 Å². The standard InChI is InChI=1S/C15H13FO2/c1-10-9-14(18-11(2)17)7-8-15(10)12-3-5-13(16)6-4-12/h3-9H,1-2H3. The number of carbonyl (C=O) groups excluding carboxylic acids is 1. The zero-order chi connectivity index (χ0) is 13.1. The molecule has 0 N–H and O–H groups in total. The number of carbonyl (C=O) groups is 1. The molecule has 3 heteroatoms. The van der Waals surface area contributed by atoms with E-state index in [4.69, 9.17) is 4.74 Å². The largest absolute Gasteiger partial charge is 0.427 e. The number of esters is 1. The lowest BCUT2D eigenvalue weighted by atomic mass is 10.0. The molecular formula is C15H13FO2. The van der Waals surface area contributed by atoms with E-state index in [0.717, 1.165) is 16.7 Å². The summed E-state index contributed by atoms with van der Waals surface area (Å²) < 4.78 is 17.9. The Morgan fingerprint density at radius 2 is 1.78 bits per heavy atom. The van der Waals surface area contributed by atoms with E-state index in [0.29, 0.717) is 5.75 Å². The van der Waals surface area contributed by atoms with Crippen LogP contribution in [0, 0.1) is 12.7 Å². The zero-order valence-electron chi connectivity index (χ0n) is 10.2. The minimum atomic E-state index is -0.344. The predicted molar refractivity (Wildman–Crippen MR) is 67.9 cm³/mol. The molecule has 92 valence electrons. The van der Waals surface area contributed by atoms with Crippen LogP contribution >= 0.6 is 0 Å². The van der Waals surface area contributed by atoms with E-state index in [1.807, 2.05) is 13.0 Å². The van der Waals surface area contributed by atoms with E-state index in [1.54, 1.807) is 24.3 Å². The summed E-state index contributed by atoms with van der Waals surface area (Å²) in [5.41, 5.74) is 2.90. The summed E-state index contributed by atoms with van der Waals surface area (Å²) in [7, 11) is 0. The van der Waals surface area contributed by atoms with Crippen LogP contribution < -0.4 is 4.74 Å². The van der Waals surface area contributed by atoms with Crippen LogP contribution in [0.2, 0.25) is 0 Å². The van der Waals surface area contributed by atoms with Gasteiger partial charge in [-0.3, -0.25) is 4.79 Å². The quantitative estimate of drug-likeness (QED) is 0.594. The van der Waals surface area contributed by atoms with E-state index in [2.05, 4.69) is 0 Å².